The van der Waals surface area contributed by atoms with Gasteiger partial charge in [0.2, 0.25) is 5.12 Å². The Morgan fingerprint density at radius 3 is 2.58 bits per heavy atom. The average molecular weight is 182 g/mol. The van der Waals surface area contributed by atoms with E-state index in [0.29, 0.717) is 11.3 Å². The Kier molecular flexibility index (Phi) is 2.76. The zero-order chi connectivity index (χ0) is 9.14. The second-order valence-electron chi connectivity index (χ2n) is 2.46. The molecule has 0 unspecified atom stereocenters. The Hall–Kier alpha value is -0.960. The number of methoxy groups -OCH3 is 1. The van der Waals surface area contributed by atoms with E-state index in [1.165, 1.54) is 7.11 Å². The second kappa shape index (κ2) is 3.63. The summed E-state index contributed by atoms with van der Waals surface area (Å²) in [5, 5.41) is -0.259. The van der Waals surface area contributed by atoms with Crippen molar-refractivity contribution < 1.29 is 9.53 Å². The van der Waals surface area contributed by atoms with Gasteiger partial charge >= 0.3 is 0 Å². The smallest absolute Gasteiger partial charge is 0.220 e. The lowest BCUT2D eigenvalue weighted by atomic mass is 10.1. The van der Waals surface area contributed by atoms with Crippen LogP contribution in [-0.4, -0.2) is 12.2 Å². The highest BCUT2D eigenvalue weighted by atomic mass is 32.1. The van der Waals surface area contributed by atoms with Gasteiger partial charge in [0, 0.05) is 0 Å². The summed E-state index contributed by atoms with van der Waals surface area (Å²) in [6.07, 6.45) is 0. The summed E-state index contributed by atoms with van der Waals surface area (Å²) < 4.78 is 5.02. The molecule has 0 fully saturated rings. The minimum atomic E-state index is -0.259. The highest BCUT2D eigenvalue weighted by molar-refractivity contribution is 7.97. The molecule has 0 saturated heterocycles. The molecule has 0 amide bonds. The van der Waals surface area contributed by atoms with Crippen LogP contribution in [0.5, 0.6) is 5.75 Å². The van der Waals surface area contributed by atoms with Gasteiger partial charge in [-0.15, -0.1) is 12.6 Å². The lowest BCUT2D eigenvalue weighted by Gasteiger charge is -2.06. The molecule has 0 bridgehead atoms. The summed E-state index contributed by atoms with van der Waals surface area (Å²) in [5.41, 5.74) is 1.43. The van der Waals surface area contributed by atoms with Gasteiger partial charge in [0.05, 0.1) is 12.7 Å². The Balaban J connectivity index is 3.29. The van der Waals surface area contributed by atoms with Crippen LogP contribution in [0.15, 0.2) is 18.2 Å². The molecule has 0 aliphatic heterocycles. The number of thiol groups is 1. The molecule has 0 aliphatic carbocycles. The second-order valence-corrected chi connectivity index (χ2v) is 2.86. The van der Waals surface area contributed by atoms with Crippen LogP contribution in [0.3, 0.4) is 0 Å². The predicted molar refractivity (Wildman–Crippen MR) is 51.0 cm³/mol. The molecule has 12 heavy (non-hydrogen) atoms. The molecule has 1 aromatic rings. The maximum atomic E-state index is 11.0. The van der Waals surface area contributed by atoms with E-state index in [1.807, 2.05) is 19.1 Å². The Morgan fingerprint density at radius 2 is 2.17 bits per heavy atom. The molecular weight excluding hydrogens is 172 g/mol. The summed E-state index contributed by atoms with van der Waals surface area (Å²) in [7, 11) is 1.54. The van der Waals surface area contributed by atoms with Crippen molar-refractivity contribution in [3.63, 3.8) is 0 Å². The first-order valence-corrected chi connectivity index (χ1v) is 3.98. The molecule has 0 atom stereocenters. The summed E-state index contributed by atoms with van der Waals surface area (Å²) in [5.74, 6) is 0.579. The first-order chi connectivity index (χ1) is 5.66. The Morgan fingerprint density at radius 1 is 1.50 bits per heavy atom. The molecule has 1 aromatic carbocycles. The van der Waals surface area contributed by atoms with Crippen LogP contribution in [0, 0.1) is 6.92 Å². The third kappa shape index (κ3) is 1.61. The predicted octanol–water partition coefficient (Wildman–Crippen LogP) is 2.07. The van der Waals surface area contributed by atoms with Crippen molar-refractivity contribution in [1.29, 1.82) is 0 Å². The van der Waals surface area contributed by atoms with Gasteiger partial charge in [0.25, 0.3) is 0 Å². The standard InChI is InChI=1S/C9H10O2S/c1-6-4-3-5-7(11-2)8(6)9(10)12/h3-5H,1-2H3,(H,10,12). The van der Waals surface area contributed by atoms with Crippen LogP contribution in [0.1, 0.15) is 15.9 Å². The zero-order valence-corrected chi connectivity index (χ0v) is 7.89. The van der Waals surface area contributed by atoms with Gasteiger partial charge in [0.1, 0.15) is 5.75 Å². The third-order valence-electron chi connectivity index (χ3n) is 1.67. The summed E-state index contributed by atoms with van der Waals surface area (Å²) >= 11 is 3.76. The van der Waals surface area contributed by atoms with Crippen LogP contribution >= 0.6 is 12.6 Å². The lowest BCUT2D eigenvalue weighted by molar-refractivity contribution is 0.108. The van der Waals surface area contributed by atoms with Crippen LogP contribution in [0.2, 0.25) is 0 Å². The van der Waals surface area contributed by atoms with E-state index in [2.05, 4.69) is 12.6 Å². The Labute approximate surface area is 77.0 Å². The van der Waals surface area contributed by atoms with E-state index in [4.69, 9.17) is 4.74 Å². The largest absolute Gasteiger partial charge is 0.496 e. The van der Waals surface area contributed by atoms with E-state index in [-0.39, 0.29) is 5.12 Å². The summed E-state index contributed by atoms with van der Waals surface area (Å²) in [4.78, 5) is 11.0. The average Bonchev–Trinajstić information content (AvgIpc) is 2.03. The van der Waals surface area contributed by atoms with Crippen molar-refractivity contribution in [1.82, 2.24) is 0 Å². The van der Waals surface area contributed by atoms with Gasteiger partial charge in [-0.1, -0.05) is 12.1 Å². The van der Waals surface area contributed by atoms with Crippen molar-refractivity contribution in [2.45, 2.75) is 6.92 Å². The molecule has 0 aliphatic rings. The number of aryl methyl sites for hydroxylation is 1. The number of carbonyl (C=O) groups is 1. The van der Waals surface area contributed by atoms with Crippen LogP contribution in [-0.2, 0) is 0 Å². The van der Waals surface area contributed by atoms with E-state index in [1.54, 1.807) is 6.07 Å². The first kappa shape index (κ1) is 9.13. The number of hydrogen-bond acceptors (Lipinski definition) is 2. The quantitative estimate of drug-likeness (QED) is 0.709. The summed E-state index contributed by atoms with van der Waals surface area (Å²) in [6, 6.07) is 5.44. The zero-order valence-electron chi connectivity index (χ0n) is 7.00. The van der Waals surface area contributed by atoms with Crippen LogP contribution in [0.4, 0.5) is 0 Å². The van der Waals surface area contributed by atoms with Gasteiger partial charge < -0.3 is 4.74 Å². The van der Waals surface area contributed by atoms with Crippen molar-refractivity contribution >= 4 is 17.7 Å². The highest BCUT2D eigenvalue weighted by Crippen LogP contribution is 2.22. The van der Waals surface area contributed by atoms with Crippen LogP contribution < -0.4 is 4.74 Å². The SMILES string of the molecule is COc1cccc(C)c1C(=O)S. The fraction of sp³-hybridized carbons (Fsp3) is 0.222. The van der Waals surface area contributed by atoms with E-state index in [0.717, 1.165) is 5.56 Å². The maximum Gasteiger partial charge on any atom is 0.220 e. The number of ether oxygens (including phenoxy) is 1. The van der Waals surface area contributed by atoms with Crippen molar-refractivity contribution in [2.24, 2.45) is 0 Å². The molecule has 0 heterocycles. The topological polar surface area (TPSA) is 26.3 Å². The molecule has 3 heteroatoms. The van der Waals surface area contributed by atoms with E-state index < -0.39 is 0 Å². The van der Waals surface area contributed by atoms with Crippen molar-refractivity contribution in [3.05, 3.63) is 29.3 Å². The molecule has 0 N–H and O–H groups in total. The fourth-order valence-electron chi connectivity index (χ4n) is 1.09. The number of benzene rings is 1. The van der Waals surface area contributed by atoms with Gasteiger partial charge in [-0.2, -0.15) is 0 Å². The summed E-state index contributed by atoms with van der Waals surface area (Å²) in [6.45, 7) is 1.85. The molecule has 0 aromatic heterocycles. The lowest BCUT2D eigenvalue weighted by Crippen LogP contribution is -1.98. The van der Waals surface area contributed by atoms with Crippen molar-refractivity contribution in [2.75, 3.05) is 7.11 Å². The van der Waals surface area contributed by atoms with E-state index >= 15 is 0 Å². The molecular formula is C9H10O2S. The van der Waals surface area contributed by atoms with Gasteiger partial charge in [-0.25, -0.2) is 0 Å². The first-order valence-electron chi connectivity index (χ1n) is 3.53. The molecule has 2 nitrogen and oxygen atoms in total. The van der Waals surface area contributed by atoms with Crippen LogP contribution in [0.25, 0.3) is 0 Å². The maximum absolute atomic E-state index is 11.0. The van der Waals surface area contributed by atoms with Gasteiger partial charge in [-0.3, -0.25) is 4.79 Å². The van der Waals surface area contributed by atoms with E-state index in [9.17, 15) is 4.79 Å². The molecule has 0 spiro atoms. The fourth-order valence-corrected chi connectivity index (χ4v) is 1.37. The Bertz CT molecular complexity index is 307. The van der Waals surface area contributed by atoms with Crippen molar-refractivity contribution in [3.8, 4) is 5.75 Å². The third-order valence-corrected chi connectivity index (χ3v) is 1.89. The number of carbonyl (C=O) groups excluding carboxylic acids is 1. The van der Waals surface area contributed by atoms with Gasteiger partial charge in [-0.05, 0) is 18.6 Å². The highest BCUT2D eigenvalue weighted by Gasteiger charge is 2.10. The van der Waals surface area contributed by atoms with Gasteiger partial charge in [0.15, 0.2) is 0 Å². The minimum Gasteiger partial charge on any atom is -0.496 e. The minimum absolute atomic E-state index is 0.259. The number of rotatable bonds is 2. The molecule has 64 valence electrons. The normalized spacial score (nSPS) is 9.58. The number of hydrogen-bond donors (Lipinski definition) is 1. The monoisotopic (exact) mass is 182 g/mol. The molecule has 0 saturated carbocycles. The molecule has 1 rings (SSSR count). The molecule has 0 radical (unpaired) electrons.